The van der Waals surface area contributed by atoms with Crippen LogP contribution in [0.4, 0.5) is 0 Å². The molecule has 1 aliphatic heterocycles. The molecule has 0 bridgehead atoms. The maximum Gasteiger partial charge on any atom is 0.186 e. The third-order valence-corrected chi connectivity index (χ3v) is 2.75. The van der Waals surface area contributed by atoms with Crippen LogP contribution in [0.2, 0.25) is 0 Å². The van der Waals surface area contributed by atoms with Gasteiger partial charge in [0, 0.05) is 5.56 Å². The van der Waals surface area contributed by atoms with E-state index in [4.69, 9.17) is 19.6 Å². The number of benzene rings is 1. The van der Waals surface area contributed by atoms with E-state index in [1.165, 1.54) is 0 Å². The minimum atomic E-state index is -0.204. The minimum absolute atomic E-state index is 0.128. The summed E-state index contributed by atoms with van der Waals surface area (Å²) < 4.78 is 10.6. The molecule has 0 amide bonds. The van der Waals surface area contributed by atoms with E-state index in [1.807, 2.05) is 44.2 Å². The fraction of sp³-hybridized carbons (Fsp3) is 0.429. The third kappa shape index (κ3) is 3.78. The van der Waals surface area contributed by atoms with Crippen LogP contribution in [0.1, 0.15) is 18.1 Å². The Morgan fingerprint density at radius 2 is 2.21 bits per heavy atom. The summed E-state index contributed by atoms with van der Waals surface area (Å²) in [5.74, 6) is 0. The normalized spacial score (nSPS) is 23.1. The number of rotatable bonds is 4. The fourth-order valence-electron chi connectivity index (χ4n) is 1.71. The van der Waals surface area contributed by atoms with Crippen molar-refractivity contribution in [1.82, 2.24) is 0 Å². The summed E-state index contributed by atoms with van der Waals surface area (Å²) >= 11 is 0. The summed E-state index contributed by atoms with van der Waals surface area (Å²) in [5.41, 5.74) is 2.13. The summed E-state index contributed by atoms with van der Waals surface area (Å²) in [6, 6.07) is 9.57. The van der Waals surface area contributed by atoms with Gasteiger partial charge in [-0.3, -0.25) is 0 Å². The second-order valence-electron chi connectivity index (χ2n) is 4.37. The summed E-state index contributed by atoms with van der Waals surface area (Å²) in [6.45, 7) is 4.59. The second-order valence-corrected chi connectivity index (χ2v) is 4.37. The molecule has 0 spiro atoms. The first kappa shape index (κ1) is 13.5. The molecular formula is C14H16N2O3. The molecular weight excluding hydrogens is 244 g/mol. The summed E-state index contributed by atoms with van der Waals surface area (Å²) in [7, 11) is 0. The highest BCUT2D eigenvalue weighted by atomic mass is 16.7. The molecule has 0 saturated carbocycles. The lowest BCUT2D eigenvalue weighted by atomic mass is 10.1. The van der Waals surface area contributed by atoms with Crippen molar-refractivity contribution in [2.24, 2.45) is 5.16 Å². The molecule has 2 rings (SSSR count). The van der Waals surface area contributed by atoms with Gasteiger partial charge in [0.1, 0.15) is 18.8 Å². The Labute approximate surface area is 112 Å². The van der Waals surface area contributed by atoms with Gasteiger partial charge in [-0.25, -0.2) is 0 Å². The van der Waals surface area contributed by atoms with E-state index in [1.54, 1.807) is 0 Å². The van der Waals surface area contributed by atoms with Gasteiger partial charge in [-0.05, 0) is 13.8 Å². The van der Waals surface area contributed by atoms with Gasteiger partial charge in [-0.2, -0.15) is 5.26 Å². The highest BCUT2D eigenvalue weighted by molar-refractivity contribution is 6.11. The SMILES string of the molecule is Cc1ccc(/C(C#N)=N/OCC2COC(C)O2)cc1. The van der Waals surface area contributed by atoms with Crippen molar-refractivity contribution in [3.63, 3.8) is 0 Å². The van der Waals surface area contributed by atoms with Crippen LogP contribution in [0.15, 0.2) is 29.4 Å². The van der Waals surface area contributed by atoms with Gasteiger partial charge in [0.15, 0.2) is 12.0 Å². The van der Waals surface area contributed by atoms with Crippen LogP contribution < -0.4 is 0 Å². The van der Waals surface area contributed by atoms with Gasteiger partial charge in [-0.1, -0.05) is 35.0 Å². The second kappa shape index (κ2) is 6.32. The average molecular weight is 260 g/mol. The molecule has 1 aromatic carbocycles. The molecule has 19 heavy (non-hydrogen) atoms. The predicted octanol–water partition coefficient (Wildman–Crippen LogP) is 2.00. The largest absolute Gasteiger partial charge is 0.392 e. The molecule has 2 atom stereocenters. The van der Waals surface area contributed by atoms with Crippen LogP contribution >= 0.6 is 0 Å². The van der Waals surface area contributed by atoms with E-state index in [-0.39, 0.29) is 24.7 Å². The van der Waals surface area contributed by atoms with Gasteiger partial charge < -0.3 is 14.3 Å². The van der Waals surface area contributed by atoms with Gasteiger partial charge in [0.25, 0.3) is 0 Å². The number of hydrogen-bond donors (Lipinski definition) is 0. The van der Waals surface area contributed by atoms with Crippen molar-refractivity contribution in [3.05, 3.63) is 35.4 Å². The number of ether oxygens (including phenoxy) is 2. The Hall–Kier alpha value is -1.90. The number of aryl methyl sites for hydroxylation is 1. The number of nitrogens with zero attached hydrogens (tertiary/aromatic N) is 2. The summed E-state index contributed by atoms with van der Waals surface area (Å²) in [5, 5.41) is 12.9. The molecule has 1 aromatic rings. The first-order valence-electron chi connectivity index (χ1n) is 6.13. The molecule has 0 N–H and O–H groups in total. The minimum Gasteiger partial charge on any atom is -0.392 e. The standard InChI is InChI=1S/C14H16N2O3/c1-10-3-5-12(6-4-10)14(7-15)16-18-9-13-8-17-11(2)19-13/h3-6,11,13H,8-9H2,1-2H3/b16-14+. The van der Waals surface area contributed by atoms with Crippen molar-refractivity contribution in [1.29, 1.82) is 5.26 Å². The van der Waals surface area contributed by atoms with Crippen LogP contribution in [0.25, 0.3) is 0 Å². The van der Waals surface area contributed by atoms with E-state index in [0.717, 1.165) is 11.1 Å². The molecule has 0 radical (unpaired) electrons. The maximum atomic E-state index is 9.07. The summed E-state index contributed by atoms with van der Waals surface area (Å²) in [6.07, 6.45) is -0.332. The van der Waals surface area contributed by atoms with Crippen LogP contribution in [-0.4, -0.2) is 31.3 Å². The lowest BCUT2D eigenvalue weighted by molar-refractivity contribution is -0.0578. The molecule has 2 unspecified atom stereocenters. The highest BCUT2D eigenvalue weighted by Gasteiger charge is 2.22. The lowest BCUT2D eigenvalue weighted by Crippen LogP contribution is -2.17. The fourth-order valence-corrected chi connectivity index (χ4v) is 1.71. The van der Waals surface area contributed by atoms with Gasteiger partial charge in [0.2, 0.25) is 0 Å². The van der Waals surface area contributed by atoms with Crippen molar-refractivity contribution in [2.75, 3.05) is 13.2 Å². The van der Waals surface area contributed by atoms with E-state index < -0.39 is 0 Å². The smallest absolute Gasteiger partial charge is 0.186 e. The Kier molecular flexibility index (Phi) is 4.50. The monoisotopic (exact) mass is 260 g/mol. The molecule has 5 heteroatoms. The molecule has 0 aromatic heterocycles. The lowest BCUT2D eigenvalue weighted by Gasteiger charge is -2.07. The number of hydrogen-bond acceptors (Lipinski definition) is 5. The molecule has 100 valence electrons. The maximum absolute atomic E-state index is 9.07. The highest BCUT2D eigenvalue weighted by Crippen LogP contribution is 2.11. The quantitative estimate of drug-likeness (QED) is 0.613. The van der Waals surface area contributed by atoms with E-state index in [2.05, 4.69) is 5.16 Å². The van der Waals surface area contributed by atoms with Crippen LogP contribution in [0, 0.1) is 18.3 Å². The molecule has 1 aliphatic rings. The first-order valence-corrected chi connectivity index (χ1v) is 6.13. The van der Waals surface area contributed by atoms with Crippen LogP contribution in [0.3, 0.4) is 0 Å². The van der Waals surface area contributed by atoms with Crippen molar-refractivity contribution in [3.8, 4) is 6.07 Å². The number of nitriles is 1. The molecule has 0 aliphatic carbocycles. The van der Waals surface area contributed by atoms with Crippen LogP contribution in [-0.2, 0) is 14.3 Å². The molecule has 5 nitrogen and oxygen atoms in total. The Balaban J connectivity index is 1.92. The Bertz CT molecular complexity index is 490. The predicted molar refractivity (Wildman–Crippen MR) is 69.6 cm³/mol. The van der Waals surface area contributed by atoms with Gasteiger partial charge in [-0.15, -0.1) is 0 Å². The van der Waals surface area contributed by atoms with Crippen molar-refractivity contribution >= 4 is 5.71 Å². The third-order valence-electron chi connectivity index (χ3n) is 2.75. The van der Waals surface area contributed by atoms with E-state index >= 15 is 0 Å². The Morgan fingerprint density at radius 1 is 1.47 bits per heavy atom. The van der Waals surface area contributed by atoms with E-state index in [0.29, 0.717) is 6.61 Å². The zero-order valence-corrected chi connectivity index (χ0v) is 11.0. The molecule has 1 fully saturated rings. The van der Waals surface area contributed by atoms with E-state index in [9.17, 15) is 0 Å². The average Bonchev–Trinajstić information content (AvgIpc) is 2.82. The summed E-state index contributed by atoms with van der Waals surface area (Å²) in [4.78, 5) is 5.16. The zero-order valence-electron chi connectivity index (χ0n) is 11.0. The molecule has 1 saturated heterocycles. The number of oxime groups is 1. The van der Waals surface area contributed by atoms with Gasteiger partial charge >= 0.3 is 0 Å². The van der Waals surface area contributed by atoms with Crippen molar-refractivity contribution in [2.45, 2.75) is 26.2 Å². The molecule has 1 heterocycles. The Morgan fingerprint density at radius 3 is 2.79 bits per heavy atom. The zero-order chi connectivity index (χ0) is 13.7. The van der Waals surface area contributed by atoms with Crippen molar-refractivity contribution < 1.29 is 14.3 Å². The van der Waals surface area contributed by atoms with Gasteiger partial charge in [0.05, 0.1) is 6.61 Å². The topological polar surface area (TPSA) is 63.8 Å². The first-order chi connectivity index (χ1) is 9.19. The van der Waals surface area contributed by atoms with Crippen LogP contribution in [0.5, 0.6) is 0 Å².